The smallest absolute Gasteiger partial charge is 0.300 e. The first-order valence-corrected chi connectivity index (χ1v) is 11.0. The number of carbonyl (C=O) groups is 2. The summed E-state index contributed by atoms with van der Waals surface area (Å²) in [5.41, 5.74) is -0.170. The normalized spacial score (nSPS) is 17.3. The number of amides is 1. The Morgan fingerprint density at radius 2 is 1.77 bits per heavy atom. The summed E-state index contributed by atoms with van der Waals surface area (Å²) in [5, 5.41) is 21.2. The standard InChI is InChI=1S/C27H23F2NO5/c1-15(2)14-35-20-8-4-6-17(12-20)25(32)23-24(16-5-3-7-19(31)11-16)30(27(34)26(23)33)22-10-9-18(28)13-21(22)29/h3-13,15,24,31-32H,14H2,1-2H3/b25-23+. The van der Waals surface area contributed by atoms with Gasteiger partial charge in [-0.25, -0.2) is 8.78 Å². The number of anilines is 1. The van der Waals surface area contributed by atoms with Gasteiger partial charge in [0.05, 0.1) is 23.9 Å². The second kappa shape index (κ2) is 9.58. The third-order valence-corrected chi connectivity index (χ3v) is 5.49. The summed E-state index contributed by atoms with van der Waals surface area (Å²) in [6.07, 6.45) is 0. The van der Waals surface area contributed by atoms with Gasteiger partial charge in [0.15, 0.2) is 0 Å². The minimum absolute atomic E-state index is 0.156. The molecule has 1 amide bonds. The first kappa shape index (κ1) is 23.9. The molecule has 6 nitrogen and oxygen atoms in total. The van der Waals surface area contributed by atoms with Crippen molar-refractivity contribution in [1.82, 2.24) is 0 Å². The Labute approximate surface area is 200 Å². The first-order valence-electron chi connectivity index (χ1n) is 11.0. The number of nitrogens with zero attached hydrogens (tertiary/aromatic N) is 1. The number of phenolic OH excluding ortho intramolecular Hbond substituents is 1. The number of ketones is 1. The predicted molar refractivity (Wildman–Crippen MR) is 126 cm³/mol. The number of aliphatic hydroxyl groups excluding tert-OH is 1. The highest BCUT2D eigenvalue weighted by Gasteiger charge is 2.47. The van der Waals surface area contributed by atoms with Gasteiger partial charge in [-0.2, -0.15) is 0 Å². The van der Waals surface area contributed by atoms with Gasteiger partial charge in [0.1, 0.15) is 28.9 Å². The van der Waals surface area contributed by atoms with Crippen LogP contribution in [0.25, 0.3) is 5.76 Å². The molecule has 0 bridgehead atoms. The molecule has 1 aliphatic rings. The minimum atomic E-state index is -1.28. The molecule has 0 aromatic heterocycles. The van der Waals surface area contributed by atoms with Crippen molar-refractivity contribution >= 4 is 23.1 Å². The Kier molecular flexibility index (Phi) is 6.55. The maximum atomic E-state index is 14.7. The molecule has 0 saturated carbocycles. The number of hydrogen-bond donors (Lipinski definition) is 2. The predicted octanol–water partition coefficient (Wildman–Crippen LogP) is 5.33. The van der Waals surface area contributed by atoms with E-state index in [1.165, 1.54) is 30.3 Å². The minimum Gasteiger partial charge on any atom is -0.508 e. The third-order valence-electron chi connectivity index (χ3n) is 5.49. The molecule has 8 heteroatoms. The summed E-state index contributed by atoms with van der Waals surface area (Å²) >= 11 is 0. The van der Waals surface area contributed by atoms with E-state index < -0.39 is 35.1 Å². The maximum Gasteiger partial charge on any atom is 0.300 e. The van der Waals surface area contributed by atoms with E-state index in [2.05, 4.69) is 0 Å². The Hall–Kier alpha value is -4.20. The number of aromatic hydroxyl groups is 1. The first-order chi connectivity index (χ1) is 16.7. The highest BCUT2D eigenvalue weighted by atomic mass is 19.1. The lowest BCUT2D eigenvalue weighted by Gasteiger charge is -2.26. The largest absolute Gasteiger partial charge is 0.508 e. The Morgan fingerprint density at radius 1 is 1.03 bits per heavy atom. The highest BCUT2D eigenvalue weighted by Crippen LogP contribution is 2.43. The summed E-state index contributed by atoms with van der Waals surface area (Å²) in [4.78, 5) is 27.1. The van der Waals surface area contributed by atoms with Gasteiger partial charge in [-0.05, 0) is 47.9 Å². The van der Waals surface area contributed by atoms with Gasteiger partial charge in [0.25, 0.3) is 11.7 Å². The van der Waals surface area contributed by atoms with Crippen molar-refractivity contribution < 1.29 is 33.3 Å². The molecule has 4 rings (SSSR count). The molecule has 1 unspecified atom stereocenters. The molecule has 2 N–H and O–H groups in total. The fraction of sp³-hybridized carbons (Fsp3) is 0.185. The van der Waals surface area contributed by atoms with E-state index in [9.17, 15) is 28.6 Å². The van der Waals surface area contributed by atoms with Crippen molar-refractivity contribution in [1.29, 1.82) is 0 Å². The Bertz CT molecular complexity index is 1330. The van der Waals surface area contributed by atoms with Crippen molar-refractivity contribution in [2.45, 2.75) is 19.9 Å². The number of phenols is 1. The topological polar surface area (TPSA) is 87.1 Å². The van der Waals surface area contributed by atoms with E-state index in [0.717, 1.165) is 17.0 Å². The number of ether oxygens (including phenoxy) is 1. The quantitative estimate of drug-likeness (QED) is 0.283. The number of halogens is 2. The number of rotatable bonds is 6. The van der Waals surface area contributed by atoms with Crippen LogP contribution in [0.15, 0.2) is 72.3 Å². The average molecular weight is 479 g/mol. The number of Topliss-reactive ketones (excluding diaryl/α,β-unsaturated/α-hetero) is 1. The molecule has 1 heterocycles. The van der Waals surface area contributed by atoms with Crippen molar-refractivity contribution in [3.8, 4) is 11.5 Å². The van der Waals surface area contributed by atoms with Gasteiger partial charge in [0.2, 0.25) is 0 Å². The van der Waals surface area contributed by atoms with Gasteiger partial charge in [-0.3, -0.25) is 14.5 Å². The van der Waals surface area contributed by atoms with Crippen LogP contribution >= 0.6 is 0 Å². The van der Waals surface area contributed by atoms with E-state index in [-0.39, 0.29) is 34.1 Å². The molecule has 1 atom stereocenters. The summed E-state index contributed by atoms with van der Waals surface area (Å²) in [5.74, 6) is -3.99. The van der Waals surface area contributed by atoms with Crippen LogP contribution < -0.4 is 9.64 Å². The molecule has 3 aromatic rings. The van der Waals surface area contributed by atoms with Gasteiger partial charge in [-0.1, -0.05) is 38.1 Å². The van der Waals surface area contributed by atoms with E-state index in [0.29, 0.717) is 18.4 Å². The fourth-order valence-electron chi connectivity index (χ4n) is 3.92. The SMILES string of the molecule is CC(C)COc1cccc(/C(O)=C2\C(=O)C(=O)N(c3ccc(F)cc3F)C2c2cccc(O)c2)c1. The monoisotopic (exact) mass is 479 g/mol. The Balaban J connectivity index is 1.89. The van der Waals surface area contributed by atoms with Gasteiger partial charge in [-0.15, -0.1) is 0 Å². The second-order valence-electron chi connectivity index (χ2n) is 8.59. The van der Waals surface area contributed by atoms with Crippen molar-refractivity contribution in [2.24, 2.45) is 5.92 Å². The number of hydrogen-bond acceptors (Lipinski definition) is 5. The van der Waals surface area contributed by atoms with Crippen LogP contribution in [0.4, 0.5) is 14.5 Å². The molecule has 3 aromatic carbocycles. The zero-order chi connectivity index (χ0) is 25.3. The van der Waals surface area contributed by atoms with E-state index in [1.807, 2.05) is 13.8 Å². The van der Waals surface area contributed by atoms with E-state index in [1.54, 1.807) is 18.2 Å². The number of aliphatic hydroxyl groups is 1. The summed E-state index contributed by atoms with van der Waals surface area (Å²) in [6, 6.07) is 13.5. The van der Waals surface area contributed by atoms with Crippen LogP contribution in [-0.4, -0.2) is 28.5 Å². The van der Waals surface area contributed by atoms with Crippen LogP contribution in [0.3, 0.4) is 0 Å². The number of carbonyl (C=O) groups excluding carboxylic acids is 2. The molecule has 0 spiro atoms. The summed E-state index contributed by atoms with van der Waals surface area (Å²) in [6.45, 7) is 4.39. The molecular formula is C27H23F2NO5. The van der Waals surface area contributed by atoms with E-state index >= 15 is 0 Å². The molecule has 180 valence electrons. The average Bonchev–Trinajstić information content (AvgIpc) is 3.08. The van der Waals surface area contributed by atoms with Gasteiger partial charge < -0.3 is 14.9 Å². The lowest BCUT2D eigenvalue weighted by atomic mass is 9.95. The zero-order valence-corrected chi connectivity index (χ0v) is 19.0. The molecule has 1 saturated heterocycles. The van der Waals surface area contributed by atoms with Gasteiger partial charge >= 0.3 is 0 Å². The molecule has 35 heavy (non-hydrogen) atoms. The molecule has 1 fully saturated rings. The van der Waals surface area contributed by atoms with Crippen LogP contribution in [0, 0.1) is 17.6 Å². The second-order valence-corrected chi connectivity index (χ2v) is 8.59. The lowest BCUT2D eigenvalue weighted by Crippen LogP contribution is -2.30. The van der Waals surface area contributed by atoms with Crippen molar-refractivity contribution in [3.63, 3.8) is 0 Å². The zero-order valence-electron chi connectivity index (χ0n) is 19.0. The molecule has 1 aliphatic heterocycles. The maximum absolute atomic E-state index is 14.7. The highest BCUT2D eigenvalue weighted by molar-refractivity contribution is 6.51. The summed E-state index contributed by atoms with van der Waals surface area (Å²) in [7, 11) is 0. The Morgan fingerprint density at radius 3 is 2.46 bits per heavy atom. The lowest BCUT2D eigenvalue weighted by molar-refractivity contribution is -0.132. The molecular weight excluding hydrogens is 456 g/mol. The molecule has 0 aliphatic carbocycles. The van der Waals surface area contributed by atoms with E-state index in [4.69, 9.17) is 4.74 Å². The van der Waals surface area contributed by atoms with Crippen LogP contribution in [0.1, 0.15) is 31.0 Å². The molecule has 0 radical (unpaired) electrons. The number of benzene rings is 3. The van der Waals surface area contributed by atoms with Crippen molar-refractivity contribution in [3.05, 3.63) is 95.1 Å². The van der Waals surface area contributed by atoms with Gasteiger partial charge in [0, 0.05) is 11.6 Å². The third kappa shape index (κ3) is 4.73. The summed E-state index contributed by atoms with van der Waals surface area (Å²) < 4.78 is 34.0. The fourth-order valence-corrected chi connectivity index (χ4v) is 3.92. The van der Waals surface area contributed by atoms with Crippen LogP contribution in [-0.2, 0) is 9.59 Å². The van der Waals surface area contributed by atoms with Crippen LogP contribution in [0.2, 0.25) is 0 Å². The van der Waals surface area contributed by atoms with Crippen LogP contribution in [0.5, 0.6) is 11.5 Å². The van der Waals surface area contributed by atoms with Crippen molar-refractivity contribution in [2.75, 3.05) is 11.5 Å².